The third-order valence-electron chi connectivity index (χ3n) is 2.67. The number of carbonyl (C=O) groups excluding carboxylic acids is 2. The predicted molar refractivity (Wildman–Crippen MR) is 86.8 cm³/mol. The van der Waals surface area contributed by atoms with Crippen molar-refractivity contribution in [3.63, 3.8) is 0 Å². The van der Waals surface area contributed by atoms with Gasteiger partial charge in [0.1, 0.15) is 11.3 Å². The van der Waals surface area contributed by atoms with E-state index in [1.807, 2.05) is 6.92 Å². The van der Waals surface area contributed by atoms with E-state index in [4.69, 9.17) is 17.0 Å². The van der Waals surface area contributed by atoms with Gasteiger partial charge in [0.05, 0.1) is 11.1 Å². The molecule has 1 aliphatic heterocycles. The quantitative estimate of drug-likeness (QED) is 0.485. The lowest BCUT2D eigenvalue weighted by Crippen LogP contribution is -2.51. The molecule has 1 aromatic carbocycles. The van der Waals surface area contributed by atoms with Crippen LogP contribution in [-0.2, 0) is 9.59 Å². The van der Waals surface area contributed by atoms with Crippen LogP contribution >= 0.6 is 28.1 Å². The van der Waals surface area contributed by atoms with Gasteiger partial charge < -0.3 is 4.74 Å². The Bertz CT molecular complexity index is 621. The van der Waals surface area contributed by atoms with Gasteiger partial charge in [0.15, 0.2) is 5.11 Å². The van der Waals surface area contributed by atoms with E-state index >= 15 is 0 Å². The second kappa shape index (κ2) is 6.82. The van der Waals surface area contributed by atoms with Gasteiger partial charge in [-0.15, -0.1) is 0 Å². The maximum Gasteiger partial charge on any atom is 0.263 e. The van der Waals surface area contributed by atoms with Crippen molar-refractivity contribution in [3.05, 3.63) is 33.8 Å². The summed E-state index contributed by atoms with van der Waals surface area (Å²) >= 11 is 8.15. The Kier molecular flexibility index (Phi) is 5.08. The van der Waals surface area contributed by atoms with Crippen molar-refractivity contribution in [3.8, 4) is 5.75 Å². The fourth-order valence-corrected chi connectivity index (χ4v) is 2.41. The molecule has 0 aromatic heterocycles. The summed E-state index contributed by atoms with van der Waals surface area (Å²) in [6.45, 7) is 2.65. The first-order chi connectivity index (χ1) is 10.0. The summed E-state index contributed by atoms with van der Waals surface area (Å²) in [4.78, 5) is 23.5. The van der Waals surface area contributed by atoms with Crippen molar-refractivity contribution >= 4 is 51.2 Å². The van der Waals surface area contributed by atoms with Gasteiger partial charge in [-0.1, -0.05) is 13.0 Å². The first kappa shape index (κ1) is 15.7. The fraction of sp³-hybridized carbons (Fsp3) is 0.214. The van der Waals surface area contributed by atoms with Crippen LogP contribution in [0, 0.1) is 0 Å². The van der Waals surface area contributed by atoms with Crippen molar-refractivity contribution in [2.45, 2.75) is 13.3 Å². The zero-order valence-electron chi connectivity index (χ0n) is 11.2. The van der Waals surface area contributed by atoms with E-state index < -0.39 is 11.8 Å². The van der Waals surface area contributed by atoms with E-state index in [-0.39, 0.29) is 10.7 Å². The van der Waals surface area contributed by atoms with Crippen LogP contribution in [0.5, 0.6) is 5.75 Å². The number of rotatable bonds is 4. The van der Waals surface area contributed by atoms with Gasteiger partial charge in [0.2, 0.25) is 0 Å². The van der Waals surface area contributed by atoms with Crippen LogP contribution in [0.2, 0.25) is 0 Å². The second-order valence-corrected chi connectivity index (χ2v) is 5.60. The first-order valence-electron chi connectivity index (χ1n) is 6.32. The minimum atomic E-state index is -0.508. The highest BCUT2D eigenvalue weighted by Gasteiger charge is 2.25. The van der Waals surface area contributed by atoms with Crippen LogP contribution < -0.4 is 15.4 Å². The van der Waals surface area contributed by atoms with E-state index in [1.54, 1.807) is 18.2 Å². The zero-order valence-corrected chi connectivity index (χ0v) is 13.6. The van der Waals surface area contributed by atoms with E-state index in [0.717, 1.165) is 16.6 Å². The largest absolute Gasteiger partial charge is 0.492 e. The maximum absolute atomic E-state index is 11.7. The van der Waals surface area contributed by atoms with Crippen LogP contribution in [0.1, 0.15) is 18.9 Å². The standard InChI is InChI=1S/C14H13BrN2O3S/c1-2-5-20-11-4-3-8(7-10(11)15)6-9-12(18)16-14(21)17-13(9)19/h3-4,6-7H,2,5H2,1H3,(H2,16,17,18,19,21). The average Bonchev–Trinajstić information content (AvgIpc) is 2.42. The summed E-state index contributed by atoms with van der Waals surface area (Å²) in [7, 11) is 0. The Hall–Kier alpha value is -1.73. The second-order valence-electron chi connectivity index (χ2n) is 4.33. The van der Waals surface area contributed by atoms with Gasteiger partial charge in [0, 0.05) is 0 Å². The zero-order chi connectivity index (χ0) is 15.4. The Morgan fingerprint density at radius 2 is 1.95 bits per heavy atom. The van der Waals surface area contributed by atoms with Crippen LogP contribution in [0.15, 0.2) is 28.2 Å². The number of halogens is 1. The summed E-state index contributed by atoms with van der Waals surface area (Å²) in [5, 5.41) is 4.80. The molecule has 7 heteroatoms. The highest BCUT2D eigenvalue weighted by molar-refractivity contribution is 9.10. The van der Waals surface area contributed by atoms with E-state index in [9.17, 15) is 9.59 Å². The molecule has 0 atom stereocenters. The number of benzene rings is 1. The summed E-state index contributed by atoms with van der Waals surface area (Å²) in [6, 6.07) is 5.34. The molecule has 1 aromatic rings. The third-order valence-corrected chi connectivity index (χ3v) is 3.50. The smallest absolute Gasteiger partial charge is 0.263 e. The van der Waals surface area contributed by atoms with Crippen LogP contribution in [0.3, 0.4) is 0 Å². The van der Waals surface area contributed by atoms with Gasteiger partial charge in [-0.05, 0) is 58.3 Å². The van der Waals surface area contributed by atoms with Crippen molar-refractivity contribution in [2.75, 3.05) is 6.61 Å². The van der Waals surface area contributed by atoms with Crippen molar-refractivity contribution in [2.24, 2.45) is 0 Å². The maximum atomic E-state index is 11.7. The predicted octanol–water partition coefficient (Wildman–Crippen LogP) is 2.15. The highest BCUT2D eigenvalue weighted by Crippen LogP contribution is 2.27. The topological polar surface area (TPSA) is 67.4 Å². The molecule has 110 valence electrons. The highest BCUT2D eigenvalue weighted by atomic mass is 79.9. The molecule has 0 radical (unpaired) electrons. The summed E-state index contributed by atoms with van der Waals surface area (Å²) < 4.78 is 6.31. The van der Waals surface area contributed by atoms with Crippen molar-refractivity contribution in [1.29, 1.82) is 0 Å². The Morgan fingerprint density at radius 3 is 2.52 bits per heavy atom. The summed E-state index contributed by atoms with van der Waals surface area (Å²) in [5.74, 6) is -0.296. The minimum Gasteiger partial charge on any atom is -0.492 e. The number of nitrogens with one attached hydrogen (secondary N) is 2. The molecule has 5 nitrogen and oxygen atoms in total. The Balaban J connectivity index is 2.24. The minimum absolute atomic E-state index is 0.0118. The molecular formula is C14H13BrN2O3S. The molecule has 2 N–H and O–H groups in total. The lowest BCUT2D eigenvalue weighted by molar-refractivity contribution is -0.123. The Morgan fingerprint density at radius 1 is 1.29 bits per heavy atom. The lowest BCUT2D eigenvalue weighted by atomic mass is 10.1. The number of amides is 2. The van der Waals surface area contributed by atoms with E-state index in [1.165, 1.54) is 6.08 Å². The Labute approximate surface area is 135 Å². The molecule has 0 aliphatic carbocycles. The number of carbonyl (C=O) groups is 2. The van der Waals surface area contributed by atoms with Gasteiger partial charge in [-0.2, -0.15) is 0 Å². The van der Waals surface area contributed by atoms with Crippen LogP contribution in [0.25, 0.3) is 6.08 Å². The molecule has 1 saturated heterocycles. The molecule has 2 rings (SSSR count). The van der Waals surface area contributed by atoms with Crippen LogP contribution in [-0.4, -0.2) is 23.5 Å². The molecule has 1 fully saturated rings. The molecule has 0 spiro atoms. The molecule has 21 heavy (non-hydrogen) atoms. The normalized spacial score (nSPS) is 14.6. The van der Waals surface area contributed by atoms with Gasteiger partial charge >= 0.3 is 0 Å². The monoisotopic (exact) mass is 368 g/mol. The third kappa shape index (κ3) is 3.89. The van der Waals surface area contributed by atoms with E-state index in [2.05, 4.69) is 26.6 Å². The molecule has 1 heterocycles. The van der Waals surface area contributed by atoms with E-state index in [0.29, 0.717) is 12.2 Å². The van der Waals surface area contributed by atoms with Gasteiger partial charge in [0.25, 0.3) is 11.8 Å². The van der Waals surface area contributed by atoms with Gasteiger partial charge in [-0.3, -0.25) is 20.2 Å². The summed E-state index contributed by atoms with van der Waals surface area (Å²) in [5.41, 5.74) is 0.719. The molecule has 0 unspecified atom stereocenters. The summed E-state index contributed by atoms with van der Waals surface area (Å²) in [6.07, 6.45) is 2.42. The molecule has 0 saturated carbocycles. The average molecular weight is 369 g/mol. The molecule has 0 bridgehead atoms. The molecular weight excluding hydrogens is 356 g/mol. The number of hydrogen-bond donors (Lipinski definition) is 2. The van der Waals surface area contributed by atoms with Crippen LogP contribution in [0.4, 0.5) is 0 Å². The SMILES string of the molecule is CCCOc1ccc(C=C2C(=O)NC(=S)NC2=O)cc1Br. The number of thiocarbonyl (C=S) groups is 1. The number of ether oxygens (including phenoxy) is 1. The van der Waals surface area contributed by atoms with Crippen molar-refractivity contribution < 1.29 is 14.3 Å². The number of hydrogen-bond acceptors (Lipinski definition) is 4. The fourth-order valence-electron chi connectivity index (χ4n) is 1.71. The van der Waals surface area contributed by atoms with Gasteiger partial charge in [-0.25, -0.2) is 0 Å². The molecule has 1 aliphatic rings. The lowest BCUT2D eigenvalue weighted by Gasteiger charge is -2.16. The first-order valence-corrected chi connectivity index (χ1v) is 7.52. The molecule has 2 amide bonds. The van der Waals surface area contributed by atoms with Crippen molar-refractivity contribution in [1.82, 2.24) is 10.6 Å².